The molecule has 0 radical (unpaired) electrons. The molecule has 0 spiro atoms. The Balaban J connectivity index is 1.30. The van der Waals surface area contributed by atoms with Gasteiger partial charge in [0.25, 0.3) is 0 Å². The predicted molar refractivity (Wildman–Crippen MR) is 95.4 cm³/mol. The molecule has 132 valence electrons. The Labute approximate surface area is 148 Å². The third-order valence-corrected chi connectivity index (χ3v) is 5.51. The van der Waals surface area contributed by atoms with Crippen LogP contribution in [0.3, 0.4) is 0 Å². The summed E-state index contributed by atoms with van der Waals surface area (Å²) < 4.78 is 5.17. The normalized spacial score (nSPS) is 21.2. The van der Waals surface area contributed by atoms with Crippen LogP contribution in [0.5, 0.6) is 0 Å². The van der Waals surface area contributed by atoms with Gasteiger partial charge in [0.15, 0.2) is 0 Å². The molecular formula is C20H25N3O2. The van der Waals surface area contributed by atoms with Crippen molar-refractivity contribution < 1.29 is 9.32 Å². The second-order valence-corrected chi connectivity index (χ2v) is 7.19. The van der Waals surface area contributed by atoms with Gasteiger partial charge >= 0.3 is 0 Å². The predicted octanol–water partition coefficient (Wildman–Crippen LogP) is 2.23. The van der Waals surface area contributed by atoms with Gasteiger partial charge < -0.3 is 9.42 Å². The molecule has 1 aromatic carbocycles. The first-order chi connectivity index (χ1) is 12.2. The summed E-state index contributed by atoms with van der Waals surface area (Å²) in [5, 5.41) is 3.85. The van der Waals surface area contributed by atoms with Crippen molar-refractivity contribution in [2.75, 3.05) is 26.2 Å². The fraction of sp³-hybridized carbons (Fsp3) is 0.500. The van der Waals surface area contributed by atoms with Crippen LogP contribution < -0.4 is 0 Å². The van der Waals surface area contributed by atoms with Gasteiger partial charge in [0.1, 0.15) is 5.76 Å². The zero-order valence-corrected chi connectivity index (χ0v) is 14.8. The highest BCUT2D eigenvalue weighted by Gasteiger charge is 2.28. The summed E-state index contributed by atoms with van der Waals surface area (Å²) in [6.45, 7) is 5.43. The summed E-state index contributed by atoms with van der Waals surface area (Å²) in [7, 11) is 0. The van der Waals surface area contributed by atoms with E-state index in [2.05, 4.69) is 34.3 Å². The van der Waals surface area contributed by atoms with E-state index in [-0.39, 0.29) is 5.91 Å². The molecule has 1 unspecified atom stereocenters. The first-order valence-electron chi connectivity index (χ1n) is 9.20. The van der Waals surface area contributed by atoms with Crippen LogP contribution in [0.2, 0.25) is 0 Å². The van der Waals surface area contributed by atoms with Gasteiger partial charge in [0, 0.05) is 38.3 Å². The molecule has 0 saturated carbocycles. The van der Waals surface area contributed by atoms with E-state index in [9.17, 15) is 4.79 Å². The molecular weight excluding hydrogens is 314 g/mol. The van der Waals surface area contributed by atoms with Crippen LogP contribution >= 0.6 is 0 Å². The Bertz CT molecular complexity index is 747. The molecule has 1 atom stereocenters. The van der Waals surface area contributed by atoms with E-state index in [1.165, 1.54) is 24.0 Å². The van der Waals surface area contributed by atoms with E-state index in [1.54, 1.807) is 0 Å². The largest absolute Gasteiger partial charge is 0.361 e. The molecule has 2 aromatic rings. The zero-order chi connectivity index (χ0) is 17.2. The molecule has 1 aliphatic heterocycles. The number of amides is 1. The number of benzene rings is 1. The standard InChI is InChI=1S/C20H25N3O2/c1-15-12-19(25-21-15)14-20(24)23-10-8-22(9-11-23)18-7-6-16-4-2-3-5-17(16)13-18/h2-5,12,18H,6-11,13-14H2,1H3. The number of fused-ring (bicyclic) bond motifs is 1. The second kappa shape index (κ2) is 7.00. The molecule has 1 amide bonds. The average Bonchev–Trinajstić information content (AvgIpc) is 3.06. The van der Waals surface area contributed by atoms with Crippen LogP contribution in [0.15, 0.2) is 34.9 Å². The van der Waals surface area contributed by atoms with E-state index in [4.69, 9.17) is 4.52 Å². The molecule has 0 N–H and O–H groups in total. The van der Waals surface area contributed by atoms with Gasteiger partial charge in [0.2, 0.25) is 5.91 Å². The number of aryl methyl sites for hydroxylation is 2. The smallest absolute Gasteiger partial charge is 0.230 e. The SMILES string of the molecule is Cc1cc(CC(=O)N2CCN(C3CCc4ccccc4C3)CC2)on1. The van der Waals surface area contributed by atoms with Crippen molar-refractivity contribution in [3.8, 4) is 0 Å². The van der Waals surface area contributed by atoms with E-state index in [0.29, 0.717) is 18.2 Å². The average molecular weight is 339 g/mol. The summed E-state index contributed by atoms with van der Waals surface area (Å²) in [6, 6.07) is 11.3. The van der Waals surface area contributed by atoms with Crippen molar-refractivity contribution in [3.63, 3.8) is 0 Å². The Morgan fingerprint density at radius 2 is 1.96 bits per heavy atom. The summed E-state index contributed by atoms with van der Waals surface area (Å²) in [5.74, 6) is 0.804. The fourth-order valence-corrected chi connectivity index (χ4v) is 4.09. The molecule has 0 bridgehead atoms. The highest BCUT2D eigenvalue weighted by Crippen LogP contribution is 2.25. The minimum Gasteiger partial charge on any atom is -0.361 e. The second-order valence-electron chi connectivity index (χ2n) is 7.19. The topological polar surface area (TPSA) is 49.6 Å². The fourth-order valence-electron chi connectivity index (χ4n) is 4.09. The Morgan fingerprint density at radius 1 is 1.20 bits per heavy atom. The van der Waals surface area contributed by atoms with Crippen LogP contribution in [0, 0.1) is 6.92 Å². The maximum Gasteiger partial charge on any atom is 0.230 e. The highest BCUT2D eigenvalue weighted by molar-refractivity contribution is 5.78. The highest BCUT2D eigenvalue weighted by atomic mass is 16.5. The lowest BCUT2D eigenvalue weighted by Gasteiger charge is -2.41. The van der Waals surface area contributed by atoms with Gasteiger partial charge in [-0.25, -0.2) is 0 Å². The van der Waals surface area contributed by atoms with Gasteiger partial charge in [-0.1, -0.05) is 29.4 Å². The minimum absolute atomic E-state index is 0.143. The van der Waals surface area contributed by atoms with Gasteiger partial charge in [0.05, 0.1) is 12.1 Å². The third kappa shape index (κ3) is 3.61. The molecule has 1 aromatic heterocycles. The summed E-state index contributed by atoms with van der Waals surface area (Å²) in [6.07, 6.45) is 3.85. The van der Waals surface area contributed by atoms with E-state index in [1.807, 2.05) is 17.9 Å². The molecule has 1 aliphatic carbocycles. The van der Waals surface area contributed by atoms with Crippen LogP contribution in [0.25, 0.3) is 0 Å². The van der Waals surface area contributed by atoms with Crippen LogP contribution in [-0.2, 0) is 24.1 Å². The maximum absolute atomic E-state index is 12.4. The Morgan fingerprint density at radius 3 is 2.68 bits per heavy atom. The van der Waals surface area contributed by atoms with E-state index in [0.717, 1.165) is 38.3 Å². The van der Waals surface area contributed by atoms with Gasteiger partial charge in [-0.05, 0) is 37.3 Å². The molecule has 4 rings (SSSR count). The summed E-state index contributed by atoms with van der Waals surface area (Å²) in [4.78, 5) is 17.0. The first-order valence-corrected chi connectivity index (χ1v) is 9.20. The monoisotopic (exact) mass is 339 g/mol. The number of carbonyl (C=O) groups excluding carboxylic acids is 1. The molecule has 1 fully saturated rings. The van der Waals surface area contributed by atoms with Crippen molar-refractivity contribution in [2.45, 2.75) is 38.6 Å². The van der Waals surface area contributed by atoms with Crippen molar-refractivity contribution >= 4 is 5.91 Å². The van der Waals surface area contributed by atoms with Crippen LogP contribution in [0.4, 0.5) is 0 Å². The number of rotatable bonds is 3. The lowest BCUT2D eigenvalue weighted by atomic mass is 9.87. The lowest BCUT2D eigenvalue weighted by Crippen LogP contribution is -2.53. The first kappa shape index (κ1) is 16.3. The Hall–Kier alpha value is -2.14. The van der Waals surface area contributed by atoms with Gasteiger partial charge in [-0.2, -0.15) is 0 Å². The lowest BCUT2D eigenvalue weighted by molar-refractivity contribution is -0.132. The van der Waals surface area contributed by atoms with E-state index < -0.39 is 0 Å². The number of hydrogen-bond donors (Lipinski definition) is 0. The van der Waals surface area contributed by atoms with Crippen molar-refractivity contribution in [2.24, 2.45) is 0 Å². The number of nitrogens with zero attached hydrogens (tertiary/aromatic N) is 3. The van der Waals surface area contributed by atoms with Crippen LogP contribution in [0.1, 0.15) is 29.0 Å². The quantitative estimate of drug-likeness (QED) is 0.860. The van der Waals surface area contributed by atoms with Crippen molar-refractivity contribution in [1.29, 1.82) is 0 Å². The molecule has 2 aliphatic rings. The van der Waals surface area contributed by atoms with Crippen LogP contribution in [-0.4, -0.2) is 53.1 Å². The van der Waals surface area contributed by atoms with E-state index >= 15 is 0 Å². The molecule has 2 heterocycles. The number of carbonyl (C=O) groups is 1. The van der Waals surface area contributed by atoms with Crippen molar-refractivity contribution in [3.05, 3.63) is 52.9 Å². The summed E-state index contributed by atoms with van der Waals surface area (Å²) >= 11 is 0. The van der Waals surface area contributed by atoms with Crippen molar-refractivity contribution in [1.82, 2.24) is 15.0 Å². The zero-order valence-electron chi connectivity index (χ0n) is 14.8. The number of hydrogen-bond acceptors (Lipinski definition) is 4. The molecule has 25 heavy (non-hydrogen) atoms. The summed E-state index contributed by atoms with van der Waals surface area (Å²) in [5.41, 5.74) is 3.83. The minimum atomic E-state index is 0.143. The molecule has 5 nitrogen and oxygen atoms in total. The number of piperazine rings is 1. The van der Waals surface area contributed by atoms with Gasteiger partial charge in [-0.15, -0.1) is 0 Å². The Kier molecular flexibility index (Phi) is 4.57. The van der Waals surface area contributed by atoms with Gasteiger partial charge in [-0.3, -0.25) is 9.69 Å². The maximum atomic E-state index is 12.4. The third-order valence-electron chi connectivity index (χ3n) is 5.51. The molecule has 1 saturated heterocycles. The molecule has 5 heteroatoms. The number of aromatic nitrogens is 1.